The molecule has 0 fully saturated rings. The predicted molar refractivity (Wildman–Crippen MR) is 150 cm³/mol. The van der Waals surface area contributed by atoms with Crippen LogP contribution in [0.15, 0.2) is 114 Å². The van der Waals surface area contributed by atoms with Crippen LogP contribution in [0.3, 0.4) is 0 Å². The zero-order valence-corrected chi connectivity index (χ0v) is 23.0. The van der Waals surface area contributed by atoms with E-state index in [1.807, 2.05) is 18.2 Å². The SMILES string of the molecule is C[Si](C)(C)N=C(c1ccccc1-c1ccccc1)C(F)(F)F.O=C(c1ccccc1-c1ccccc1)C(F)(F)F. The molecule has 9 heteroatoms. The summed E-state index contributed by atoms with van der Waals surface area (Å²) in [5, 5.41) is 0. The van der Waals surface area contributed by atoms with Gasteiger partial charge in [0.1, 0.15) is 5.71 Å². The highest BCUT2D eigenvalue weighted by molar-refractivity contribution is 6.75. The van der Waals surface area contributed by atoms with Crippen LogP contribution in [0.1, 0.15) is 15.9 Å². The van der Waals surface area contributed by atoms with E-state index in [2.05, 4.69) is 4.66 Å². The van der Waals surface area contributed by atoms with Gasteiger partial charge in [-0.25, -0.2) is 0 Å². The lowest BCUT2D eigenvalue weighted by Crippen LogP contribution is -2.30. The Hall–Kier alpha value is -3.98. The van der Waals surface area contributed by atoms with E-state index < -0.39 is 32.1 Å². The Balaban J connectivity index is 0.000000225. The van der Waals surface area contributed by atoms with Gasteiger partial charge in [-0.3, -0.25) is 4.79 Å². The average Bonchev–Trinajstić information content (AvgIpc) is 2.91. The van der Waals surface area contributed by atoms with Crippen molar-refractivity contribution in [2.45, 2.75) is 32.0 Å². The highest BCUT2D eigenvalue weighted by Gasteiger charge is 2.40. The quantitative estimate of drug-likeness (QED) is 0.102. The van der Waals surface area contributed by atoms with E-state index in [-0.39, 0.29) is 11.1 Å². The van der Waals surface area contributed by atoms with Crippen LogP contribution in [0.25, 0.3) is 22.3 Å². The molecule has 2 nitrogen and oxygen atoms in total. The first-order valence-corrected chi connectivity index (χ1v) is 15.7. The lowest BCUT2D eigenvalue weighted by atomic mass is 9.96. The summed E-state index contributed by atoms with van der Waals surface area (Å²) in [5.41, 5.74) is 1.24. The molecule has 4 rings (SSSR count). The molecule has 0 aliphatic rings. The number of alkyl halides is 6. The molecule has 208 valence electrons. The number of benzene rings is 4. The van der Waals surface area contributed by atoms with Crippen LogP contribution >= 0.6 is 0 Å². The fourth-order valence-electron chi connectivity index (χ4n) is 3.87. The lowest BCUT2D eigenvalue weighted by Gasteiger charge is -2.19. The highest BCUT2D eigenvalue weighted by Crippen LogP contribution is 2.32. The number of hydrogen-bond donors (Lipinski definition) is 0. The summed E-state index contributed by atoms with van der Waals surface area (Å²) >= 11 is 0. The Morgan fingerprint density at radius 1 is 0.550 bits per heavy atom. The van der Waals surface area contributed by atoms with Crippen LogP contribution in [0.5, 0.6) is 0 Å². The maximum atomic E-state index is 13.5. The van der Waals surface area contributed by atoms with Crippen molar-refractivity contribution in [3.63, 3.8) is 0 Å². The normalized spacial score (nSPS) is 12.4. The van der Waals surface area contributed by atoms with Crippen molar-refractivity contribution >= 4 is 19.7 Å². The van der Waals surface area contributed by atoms with E-state index in [1.54, 1.807) is 86.4 Å². The predicted octanol–water partition coefficient (Wildman–Crippen LogP) is 9.64. The Bertz CT molecular complexity index is 1460. The summed E-state index contributed by atoms with van der Waals surface area (Å²) in [6, 6.07) is 29.9. The number of Topliss-reactive ketones (excluding diaryl/α,β-unsaturated/α-hetero) is 1. The van der Waals surface area contributed by atoms with Crippen LogP contribution in [-0.2, 0) is 0 Å². The summed E-state index contributed by atoms with van der Waals surface area (Å²) in [6.07, 6.45) is -9.32. The second-order valence-corrected chi connectivity index (χ2v) is 14.3. The monoisotopic (exact) mass is 571 g/mol. The second kappa shape index (κ2) is 12.5. The van der Waals surface area contributed by atoms with Gasteiger partial charge in [0, 0.05) is 11.1 Å². The molecule has 4 aromatic rings. The largest absolute Gasteiger partial charge is 0.454 e. The van der Waals surface area contributed by atoms with E-state index in [9.17, 15) is 31.1 Å². The highest BCUT2D eigenvalue weighted by atomic mass is 28.3. The van der Waals surface area contributed by atoms with E-state index in [1.165, 1.54) is 24.3 Å². The van der Waals surface area contributed by atoms with E-state index in [0.29, 0.717) is 16.7 Å². The minimum atomic E-state index is -4.86. The molecular formula is C31H27F6NOSi. The number of hydrogen-bond acceptors (Lipinski definition) is 2. The summed E-state index contributed by atoms with van der Waals surface area (Å²) < 4.78 is 82.1. The van der Waals surface area contributed by atoms with Crippen molar-refractivity contribution in [3.8, 4) is 22.3 Å². The van der Waals surface area contributed by atoms with Crippen LogP contribution in [-0.4, -0.2) is 32.1 Å². The van der Waals surface area contributed by atoms with Gasteiger partial charge in [-0.1, -0.05) is 109 Å². The molecule has 4 aromatic carbocycles. The number of halogens is 6. The maximum absolute atomic E-state index is 13.5. The number of nitrogens with zero attached hydrogens (tertiary/aromatic N) is 1. The van der Waals surface area contributed by atoms with Gasteiger partial charge in [0.05, 0.1) is 0 Å². The minimum absolute atomic E-state index is 0.142. The molecule has 0 N–H and O–H groups in total. The van der Waals surface area contributed by atoms with Gasteiger partial charge in [0.15, 0.2) is 8.24 Å². The minimum Gasteiger partial charge on any atom is -0.317 e. The fourth-order valence-corrected chi connectivity index (χ4v) is 4.79. The summed E-state index contributed by atoms with van der Waals surface area (Å²) in [5.74, 6) is -1.82. The standard InChI is InChI=1S/C17H18F3NSi.C14H9F3O/c1-22(2,3)21-16(17(18,19)20)15-12-8-7-11-14(15)13-9-5-4-6-10-13;15-14(16,17)13(18)12-9-5-4-8-11(12)10-6-2-1-3-7-10/h4-12H,1-3H3;1-9H. The molecule has 0 atom stereocenters. The molecule has 0 amide bonds. The van der Waals surface area contributed by atoms with E-state index >= 15 is 0 Å². The number of rotatable bonds is 5. The van der Waals surface area contributed by atoms with Crippen molar-refractivity contribution in [3.05, 3.63) is 120 Å². The molecule has 0 radical (unpaired) electrons. The van der Waals surface area contributed by atoms with Crippen molar-refractivity contribution in [2.75, 3.05) is 0 Å². The van der Waals surface area contributed by atoms with Crippen LogP contribution in [0, 0.1) is 0 Å². The van der Waals surface area contributed by atoms with Gasteiger partial charge in [0.25, 0.3) is 5.78 Å². The van der Waals surface area contributed by atoms with Gasteiger partial charge < -0.3 is 4.66 Å². The molecule has 0 aromatic heterocycles. The maximum Gasteiger partial charge on any atom is 0.454 e. The van der Waals surface area contributed by atoms with Crippen molar-refractivity contribution in [1.29, 1.82) is 0 Å². The molecule has 0 aliphatic carbocycles. The van der Waals surface area contributed by atoms with Crippen LogP contribution < -0.4 is 0 Å². The molecular weight excluding hydrogens is 544 g/mol. The van der Waals surface area contributed by atoms with Crippen LogP contribution in [0.2, 0.25) is 19.6 Å². The van der Waals surface area contributed by atoms with Gasteiger partial charge in [0.2, 0.25) is 0 Å². The van der Waals surface area contributed by atoms with Gasteiger partial charge in [-0.05, 0) is 41.9 Å². The molecule has 0 bridgehead atoms. The smallest absolute Gasteiger partial charge is 0.317 e. The van der Waals surface area contributed by atoms with Gasteiger partial charge in [-0.15, -0.1) is 0 Å². The molecule has 0 unspecified atom stereocenters. The molecule has 0 heterocycles. The summed E-state index contributed by atoms with van der Waals surface area (Å²) in [6.45, 7) is 5.39. The number of carbonyl (C=O) groups is 1. The van der Waals surface area contributed by atoms with E-state index in [0.717, 1.165) is 5.56 Å². The molecule has 0 saturated carbocycles. The van der Waals surface area contributed by atoms with Crippen molar-refractivity contribution in [1.82, 2.24) is 0 Å². The third-order valence-corrected chi connectivity index (χ3v) is 6.39. The summed E-state index contributed by atoms with van der Waals surface area (Å²) in [7, 11) is -2.27. The molecule has 40 heavy (non-hydrogen) atoms. The third-order valence-electron chi connectivity index (χ3n) is 5.50. The van der Waals surface area contributed by atoms with Crippen molar-refractivity contribution in [2.24, 2.45) is 4.66 Å². The topological polar surface area (TPSA) is 29.4 Å². The molecule has 0 aliphatic heterocycles. The molecule has 0 spiro atoms. The fraction of sp³-hybridized carbons (Fsp3) is 0.161. The zero-order valence-electron chi connectivity index (χ0n) is 22.0. The molecule has 0 saturated heterocycles. The average molecular weight is 572 g/mol. The Morgan fingerprint density at radius 2 is 0.925 bits per heavy atom. The van der Waals surface area contributed by atoms with Gasteiger partial charge in [-0.2, -0.15) is 26.3 Å². The lowest BCUT2D eigenvalue weighted by molar-refractivity contribution is -0.0884. The first-order valence-electron chi connectivity index (χ1n) is 12.3. The zero-order chi connectivity index (χ0) is 29.6. The Kier molecular flexibility index (Phi) is 9.52. The summed E-state index contributed by atoms with van der Waals surface area (Å²) in [4.78, 5) is 11.3. The number of ketones is 1. The van der Waals surface area contributed by atoms with Crippen LogP contribution in [0.4, 0.5) is 26.3 Å². The first kappa shape index (κ1) is 30.6. The van der Waals surface area contributed by atoms with Crippen molar-refractivity contribution < 1.29 is 31.1 Å². The second-order valence-electron chi connectivity index (χ2n) is 9.78. The van der Waals surface area contributed by atoms with E-state index in [4.69, 9.17) is 0 Å². The first-order chi connectivity index (χ1) is 18.7. The Labute approximate surface area is 230 Å². The number of carbonyl (C=O) groups excluding carboxylic acids is 1. The third kappa shape index (κ3) is 8.26. The Morgan fingerprint density at radius 3 is 1.32 bits per heavy atom. The van der Waals surface area contributed by atoms with Gasteiger partial charge >= 0.3 is 12.4 Å².